The van der Waals surface area contributed by atoms with Crippen LogP contribution in [0.15, 0.2) is 24.3 Å². The van der Waals surface area contributed by atoms with Gasteiger partial charge in [0.1, 0.15) is 0 Å². The van der Waals surface area contributed by atoms with Gasteiger partial charge in [-0.05, 0) is 12.5 Å². The number of amides is 1. The molecule has 1 aromatic rings. The van der Waals surface area contributed by atoms with Gasteiger partial charge in [0.05, 0.1) is 19.5 Å². The van der Waals surface area contributed by atoms with Gasteiger partial charge in [0.2, 0.25) is 15.9 Å². The first-order valence-electron chi connectivity index (χ1n) is 7.72. The Morgan fingerprint density at radius 2 is 2.00 bits per heavy atom. The molecule has 6 nitrogen and oxygen atoms in total. The van der Waals surface area contributed by atoms with Gasteiger partial charge in [-0.1, -0.05) is 29.8 Å². The van der Waals surface area contributed by atoms with E-state index in [1.165, 1.54) is 10.6 Å². The van der Waals surface area contributed by atoms with E-state index in [-0.39, 0.29) is 25.4 Å². The number of aryl methyl sites for hydroxylation is 1. The van der Waals surface area contributed by atoms with Crippen LogP contribution in [0.25, 0.3) is 0 Å². The number of benzene rings is 1. The van der Waals surface area contributed by atoms with Gasteiger partial charge < -0.3 is 9.64 Å². The Hall–Kier alpha value is -1.44. The Balaban J connectivity index is 1.97. The fourth-order valence-electron chi connectivity index (χ4n) is 2.57. The van der Waals surface area contributed by atoms with Gasteiger partial charge in [-0.2, -0.15) is 4.31 Å². The van der Waals surface area contributed by atoms with Crippen LogP contribution in [0, 0.1) is 6.92 Å². The van der Waals surface area contributed by atoms with Gasteiger partial charge in [0.25, 0.3) is 0 Å². The van der Waals surface area contributed by atoms with Crippen molar-refractivity contribution in [2.24, 2.45) is 0 Å². The lowest BCUT2D eigenvalue weighted by Gasteiger charge is -2.28. The Labute approximate surface area is 138 Å². The van der Waals surface area contributed by atoms with Crippen molar-refractivity contribution in [2.45, 2.75) is 19.9 Å². The van der Waals surface area contributed by atoms with E-state index in [0.29, 0.717) is 26.3 Å². The van der Waals surface area contributed by atoms with Crippen LogP contribution in [0.1, 0.15) is 17.5 Å². The van der Waals surface area contributed by atoms with E-state index in [2.05, 4.69) is 0 Å². The molecule has 2 rings (SSSR count). The van der Waals surface area contributed by atoms with Crippen LogP contribution in [-0.2, 0) is 26.1 Å². The SMILES string of the molecule is Cc1cccc(CN(CCC(=O)N2CCOCC2)S(C)(=O)=O)c1. The van der Waals surface area contributed by atoms with Crippen LogP contribution in [0.5, 0.6) is 0 Å². The Morgan fingerprint density at radius 1 is 1.30 bits per heavy atom. The van der Waals surface area contributed by atoms with E-state index in [1.807, 2.05) is 31.2 Å². The number of ether oxygens (including phenoxy) is 1. The zero-order valence-electron chi connectivity index (χ0n) is 13.7. The molecule has 1 aliphatic rings. The summed E-state index contributed by atoms with van der Waals surface area (Å²) in [5.74, 6) is -0.0220. The van der Waals surface area contributed by atoms with Gasteiger partial charge in [-0.25, -0.2) is 8.42 Å². The number of rotatable bonds is 6. The molecule has 0 aromatic heterocycles. The third kappa shape index (κ3) is 5.60. The monoisotopic (exact) mass is 340 g/mol. The highest BCUT2D eigenvalue weighted by Gasteiger charge is 2.21. The fraction of sp³-hybridized carbons (Fsp3) is 0.562. The molecule has 7 heteroatoms. The molecule has 1 fully saturated rings. The maximum absolute atomic E-state index is 12.2. The summed E-state index contributed by atoms with van der Waals surface area (Å²) in [5, 5.41) is 0. The van der Waals surface area contributed by atoms with Crippen molar-refractivity contribution in [3.63, 3.8) is 0 Å². The van der Waals surface area contributed by atoms with Crippen molar-refractivity contribution in [3.05, 3.63) is 35.4 Å². The van der Waals surface area contributed by atoms with Gasteiger partial charge in [0.15, 0.2) is 0 Å². The van der Waals surface area contributed by atoms with Crippen LogP contribution >= 0.6 is 0 Å². The number of nitrogens with zero attached hydrogens (tertiary/aromatic N) is 2. The smallest absolute Gasteiger partial charge is 0.224 e. The zero-order valence-corrected chi connectivity index (χ0v) is 14.5. The topological polar surface area (TPSA) is 66.9 Å². The Morgan fingerprint density at radius 3 is 2.61 bits per heavy atom. The average Bonchev–Trinajstić information content (AvgIpc) is 2.51. The second kappa shape index (κ2) is 7.90. The largest absolute Gasteiger partial charge is 0.378 e. The van der Waals surface area contributed by atoms with Crippen molar-refractivity contribution < 1.29 is 17.9 Å². The first kappa shape index (κ1) is 17.9. The van der Waals surface area contributed by atoms with Crippen molar-refractivity contribution in [3.8, 4) is 0 Å². The van der Waals surface area contributed by atoms with Gasteiger partial charge in [0, 0.05) is 32.6 Å². The predicted molar refractivity (Wildman–Crippen MR) is 88.4 cm³/mol. The summed E-state index contributed by atoms with van der Waals surface area (Å²) < 4.78 is 30.6. The lowest BCUT2D eigenvalue weighted by Crippen LogP contribution is -2.42. The summed E-state index contributed by atoms with van der Waals surface area (Å²) >= 11 is 0. The molecule has 0 radical (unpaired) electrons. The fourth-order valence-corrected chi connectivity index (χ4v) is 3.37. The minimum absolute atomic E-state index is 0.0220. The molecule has 1 aliphatic heterocycles. The van der Waals surface area contributed by atoms with Gasteiger partial charge in [-0.3, -0.25) is 4.79 Å². The van der Waals surface area contributed by atoms with E-state index >= 15 is 0 Å². The molecule has 0 atom stereocenters. The summed E-state index contributed by atoms with van der Waals surface area (Å²) in [5.41, 5.74) is 2.01. The average molecular weight is 340 g/mol. The first-order chi connectivity index (χ1) is 10.9. The second-order valence-electron chi connectivity index (χ2n) is 5.83. The van der Waals surface area contributed by atoms with Crippen molar-refractivity contribution in [1.82, 2.24) is 9.21 Å². The van der Waals surface area contributed by atoms with Crippen LogP contribution in [0.2, 0.25) is 0 Å². The number of hydrogen-bond donors (Lipinski definition) is 0. The lowest BCUT2D eigenvalue weighted by atomic mass is 10.1. The van der Waals surface area contributed by atoms with Gasteiger partial charge >= 0.3 is 0 Å². The zero-order chi connectivity index (χ0) is 16.9. The maximum atomic E-state index is 12.2. The maximum Gasteiger partial charge on any atom is 0.224 e. The highest BCUT2D eigenvalue weighted by Crippen LogP contribution is 2.12. The molecular formula is C16H24N2O4S. The van der Waals surface area contributed by atoms with E-state index in [1.54, 1.807) is 4.90 Å². The molecule has 0 aliphatic carbocycles. The number of hydrogen-bond acceptors (Lipinski definition) is 4. The van der Waals surface area contributed by atoms with Crippen molar-refractivity contribution in [2.75, 3.05) is 39.1 Å². The quantitative estimate of drug-likeness (QED) is 0.775. The molecule has 1 aromatic carbocycles. The molecule has 1 saturated heterocycles. The van der Waals surface area contributed by atoms with Crippen LogP contribution in [0.3, 0.4) is 0 Å². The molecule has 23 heavy (non-hydrogen) atoms. The van der Waals surface area contributed by atoms with Crippen LogP contribution in [0.4, 0.5) is 0 Å². The summed E-state index contributed by atoms with van der Waals surface area (Å²) in [4.78, 5) is 13.9. The Bertz CT molecular complexity index is 639. The van der Waals surface area contributed by atoms with E-state index in [9.17, 15) is 13.2 Å². The standard InChI is InChI=1S/C16H24N2O4S/c1-14-4-3-5-15(12-14)13-18(23(2,20)21)7-6-16(19)17-8-10-22-11-9-17/h3-5,12H,6-11,13H2,1-2H3. The molecule has 1 heterocycles. The number of carbonyl (C=O) groups excluding carboxylic acids is 1. The Kier molecular flexibility index (Phi) is 6.15. The molecule has 0 spiro atoms. The highest BCUT2D eigenvalue weighted by molar-refractivity contribution is 7.88. The molecule has 1 amide bonds. The first-order valence-corrected chi connectivity index (χ1v) is 9.57. The van der Waals surface area contributed by atoms with E-state index in [4.69, 9.17) is 4.74 Å². The summed E-state index contributed by atoms with van der Waals surface area (Å²) in [6.45, 7) is 4.71. The molecule has 0 bridgehead atoms. The third-order valence-corrected chi connectivity index (χ3v) is 5.10. The van der Waals surface area contributed by atoms with Crippen LogP contribution in [-0.4, -0.2) is 62.6 Å². The third-order valence-electron chi connectivity index (χ3n) is 3.85. The lowest BCUT2D eigenvalue weighted by molar-refractivity contribution is -0.135. The normalized spacial score (nSPS) is 15.9. The molecule has 0 saturated carbocycles. The highest BCUT2D eigenvalue weighted by atomic mass is 32.2. The van der Waals surface area contributed by atoms with Crippen molar-refractivity contribution in [1.29, 1.82) is 0 Å². The molecule has 128 valence electrons. The van der Waals surface area contributed by atoms with E-state index in [0.717, 1.165) is 11.1 Å². The summed E-state index contributed by atoms with van der Waals surface area (Å²) in [7, 11) is -3.36. The van der Waals surface area contributed by atoms with E-state index < -0.39 is 10.0 Å². The molecular weight excluding hydrogens is 316 g/mol. The minimum atomic E-state index is -3.36. The molecule has 0 N–H and O–H groups in total. The van der Waals surface area contributed by atoms with Gasteiger partial charge in [-0.15, -0.1) is 0 Å². The number of morpholine rings is 1. The summed E-state index contributed by atoms with van der Waals surface area (Å²) in [6, 6.07) is 7.73. The predicted octanol–water partition coefficient (Wildman–Crippen LogP) is 1.01. The minimum Gasteiger partial charge on any atom is -0.378 e. The second-order valence-corrected chi connectivity index (χ2v) is 7.81. The summed E-state index contributed by atoms with van der Waals surface area (Å²) in [6.07, 6.45) is 1.38. The van der Waals surface area contributed by atoms with Crippen molar-refractivity contribution >= 4 is 15.9 Å². The number of sulfonamides is 1. The molecule has 0 unspecified atom stereocenters. The number of carbonyl (C=O) groups is 1. The van der Waals surface area contributed by atoms with Crippen LogP contribution < -0.4 is 0 Å².